The van der Waals surface area contributed by atoms with Crippen LogP contribution in [-0.4, -0.2) is 37.4 Å². The second kappa shape index (κ2) is 9.25. The number of benzene rings is 2. The summed E-state index contributed by atoms with van der Waals surface area (Å²) in [5.41, 5.74) is 1.62. The third kappa shape index (κ3) is 5.23. The highest BCUT2D eigenvalue weighted by atomic mass is 35.5. The number of hydrogen-bond donors (Lipinski definition) is 0. The van der Waals surface area contributed by atoms with Gasteiger partial charge in [-0.3, -0.25) is 9.59 Å². The molecule has 0 atom stereocenters. The minimum Gasteiger partial charge on any atom is -0.495 e. The van der Waals surface area contributed by atoms with Crippen molar-refractivity contribution in [2.45, 2.75) is 19.9 Å². The molecule has 0 aliphatic heterocycles. The molecular formula is C20H23ClN2O3. The van der Waals surface area contributed by atoms with Crippen molar-refractivity contribution >= 4 is 29.1 Å². The summed E-state index contributed by atoms with van der Waals surface area (Å²) in [5, 5.41) is 0.500. The molecule has 0 saturated heterocycles. The zero-order valence-corrected chi connectivity index (χ0v) is 16.0. The van der Waals surface area contributed by atoms with Crippen molar-refractivity contribution in [1.82, 2.24) is 4.90 Å². The minimum absolute atomic E-state index is 0.0407. The number of methoxy groups -OCH3 is 1. The van der Waals surface area contributed by atoms with Crippen molar-refractivity contribution in [3.05, 3.63) is 59.1 Å². The van der Waals surface area contributed by atoms with Gasteiger partial charge in [0.1, 0.15) is 5.75 Å². The van der Waals surface area contributed by atoms with Gasteiger partial charge in [-0.25, -0.2) is 0 Å². The molecule has 2 aromatic rings. The largest absolute Gasteiger partial charge is 0.495 e. The van der Waals surface area contributed by atoms with E-state index in [1.165, 1.54) is 18.9 Å². The van der Waals surface area contributed by atoms with Crippen LogP contribution >= 0.6 is 11.6 Å². The van der Waals surface area contributed by atoms with Crippen molar-refractivity contribution in [2.24, 2.45) is 0 Å². The minimum atomic E-state index is -0.177. The van der Waals surface area contributed by atoms with Crippen LogP contribution in [0.15, 0.2) is 48.5 Å². The Labute approximate surface area is 159 Å². The van der Waals surface area contributed by atoms with Crippen molar-refractivity contribution < 1.29 is 14.3 Å². The van der Waals surface area contributed by atoms with Crippen LogP contribution < -0.4 is 9.64 Å². The summed E-state index contributed by atoms with van der Waals surface area (Å²) in [4.78, 5) is 27.7. The van der Waals surface area contributed by atoms with Gasteiger partial charge in [0.25, 0.3) is 0 Å². The van der Waals surface area contributed by atoms with Crippen LogP contribution in [0.2, 0.25) is 5.02 Å². The fourth-order valence-electron chi connectivity index (χ4n) is 2.67. The predicted octanol–water partition coefficient (Wildman–Crippen LogP) is 3.75. The van der Waals surface area contributed by atoms with Gasteiger partial charge in [-0.15, -0.1) is 0 Å². The Hall–Kier alpha value is -2.53. The number of carbonyl (C=O) groups excluding carboxylic acids is 2. The first-order valence-corrected chi connectivity index (χ1v) is 8.69. The van der Waals surface area contributed by atoms with Gasteiger partial charge in [0.2, 0.25) is 11.8 Å². The molecule has 0 fully saturated rings. The second-order valence-electron chi connectivity index (χ2n) is 5.97. The molecule has 0 N–H and O–H groups in total. The van der Waals surface area contributed by atoms with Gasteiger partial charge in [-0.05, 0) is 23.8 Å². The maximum Gasteiger partial charge on any atom is 0.224 e. The summed E-state index contributed by atoms with van der Waals surface area (Å²) in [6, 6.07) is 14.8. The normalized spacial score (nSPS) is 10.3. The number of hydrogen-bond acceptors (Lipinski definition) is 3. The first-order chi connectivity index (χ1) is 12.4. The van der Waals surface area contributed by atoms with E-state index >= 15 is 0 Å². The maximum absolute atomic E-state index is 12.5. The fraction of sp³-hybridized carbons (Fsp3) is 0.300. The van der Waals surface area contributed by atoms with Crippen LogP contribution in [0.5, 0.6) is 5.75 Å². The quantitative estimate of drug-likeness (QED) is 0.741. The lowest BCUT2D eigenvalue weighted by molar-refractivity contribution is -0.130. The third-order valence-electron chi connectivity index (χ3n) is 4.05. The number of ether oxygens (including phenoxy) is 1. The highest BCUT2D eigenvalue weighted by molar-refractivity contribution is 6.31. The van der Waals surface area contributed by atoms with Crippen LogP contribution in [0.4, 0.5) is 5.69 Å². The molecule has 0 saturated carbocycles. The molecule has 6 heteroatoms. The number of halogens is 1. The van der Waals surface area contributed by atoms with Crippen LogP contribution in [-0.2, 0) is 16.1 Å². The lowest BCUT2D eigenvalue weighted by Gasteiger charge is -2.25. The monoisotopic (exact) mass is 374 g/mol. The van der Waals surface area contributed by atoms with Crippen molar-refractivity contribution in [3.63, 3.8) is 0 Å². The van der Waals surface area contributed by atoms with E-state index < -0.39 is 0 Å². The van der Waals surface area contributed by atoms with Crippen molar-refractivity contribution in [3.8, 4) is 5.75 Å². The van der Waals surface area contributed by atoms with Gasteiger partial charge in [0, 0.05) is 38.5 Å². The van der Waals surface area contributed by atoms with Gasteiger partial charge in [-0.2, -0.15) is 0 Å². The van der Waals surface area contributed by atoms with Crippen LogP contribution in [0.25, 0.3) is 0 Å². The molecule has 0 aromatic heterocycles. The number of nitrogens with zero attached hydrogens (tertiary/aromatic N) is 2. The van der Waals surface area contributed by atoms with E-state index in [0.717, 1.165) is 5.56 Å². The van der Waals surface area contributed by atoms with Crippen molar-refractivity contribution in [2.75, 3.05) is 25.6 Å². The molecule has 5 nitrogen and oxygen atoms in total. The lowest BCUT2D eigenvalue weighted by atomic mass is 10.2. The van der Waals surface area contributed by atoms with E-state index in [4.69, 9.17) is 16.3 Å². The number of amides is 2. The molecule has 138 valence electrons. The Morgan fingerprint density at radius 2 is 1.81 bits per heavy atom. The van der Waals surface area contributed by atoms with E-state index in [1.54, 1.807) is 30.1 Å². The maximum atomic E-state index is 12.5. The SMILES string of the molecule is COc1ccc(Cl)cc1N(CCC(=O)N(C)Cc1ccccc1)C(C)=O. The smallest absolute Gasteiger partial charge is 0.224 e. The predicted molar refractivity (Wildman–Crippen MR) is 104 cm³/mol. The first-order valence-electron chi connectivity index (χ1n) is 8.32. The molecule has 2 amide bonds. The molecule has 0 spiro atoms. The summed E-state index contributed by atoms with van der Waals surface area (Å²) in [6.07, 6.45) is 0.207. The van der Waals surface area contributed by atoms with Gasteiger partial charge in [-0.1, -0.05) is 41.9 Å². The summed E-state index contributed by atoms with van der Waals surface area (Å²) >= 11 is 6.06. The first kappa shape index (κ1) is 19.8. The highest BCUT2D eigenvalue weighted by Gasteiger charge is 2.19. The Morgan fingerprint density at radius 1 is 1.12 bits per heavy atom. The fourth-order valence-corrected chi connectivity index (χ4v) is 2.83. The van der Waals surface area contributed by atoms with E-state index in [1.807, 2.05) is 30.3 Å². The molecule has 26 heavy (non-hydrogen) atoms. The van der Waals surface area contributed by atoms with Gasteiger partial charge < -0.3 is 14.5 Å². The Balaban J connectivity index is 2.05. The summed E-state index contributed by atoms with van der Waals surface area (Å²) in [6.45, 7) is 2.24. The Bertz CT molecular complexity index is 765. The Kier molecular flexibility index (Phi) is 7.04. The van der Waals surface area contributed by atoms with E-state index in [2.05, 4.69) is 0 Å². The molecular weight excluding hydrogens is 352 g/mol. The zero-order chi connectivity index (χ0) is 19.1. The van der Waals surface area contributed by atoms with Crippen LogP contribution in [0.3, 0.4) is 0 Å². The third-order valence-corrected chi connectivity index (χ3v) is 4.28. The summed E-state index contributed by atoms with van der Waals surface area (Å²) in [5.74, 6) is 0.319. The molecule has 2 aromatic carbocycles. The molecule has 0 bridgehead atoms. The topological polar surface area (TPSA) is 49.9 Å². The molecule has 0 aliphatic rings. The summed E-state index contributed by atoms with van der Waals surface area (Å²) < 4.78 is 5.32. The summed E-state index contributed by atoms with van der Waals surface area (Å²) in [7, 11) is 3.29. The molecule has 0 unspecified atom stereocenters. The van der Waals surface area contributed by atoms with E-state index in [0.29, 0.717) is 23.0 Å². The average molecular weight is 375 g/mol. The zero-order valence-electron chi connectivity index (χ0n) is 15.2. The van der Waals surface area contributed by atoms with Crippen molar-refractivity contribution in [1.29, 1.82) is 0 Å². The number of carbonyl (C=O) groups is 2. The Morgan fingerprint density at radius 3 is 2.42 bits per heavy atom. The van der Waals surface area contributed by atoms with Crippen LogP contribution in [0.1, 0.15) is 18.9 Å². The molecule has 0 aliphatic carbocycles. The molecule has 2 rings (SSSR count). The molecule has 0 radical (unpaired) electrons. The number of rotatable bonds is 7. The average Bonchev–Trinajstić information content (AvgIpc) is 2.62. The lowest BCUT2D eigenvalue weighted by Crippen LogP contribution is -2.34. The standard InChI is InChI=1S/C20H23ClN2O3/c1-15(24)23(18-13-17(21)9-10-19(18)26-3)12-11-20(25)22(2)14-16-7-5-4-6-8-16/h4-10,13H,11-12,14H2,1-3H3. The van der Waals surface area contributed by atoms with E-state index in [9.17, 15) is 9.59 Å². The van der Waals surface area contributed by atoms with Gasteiger partial charge >= 0.3 is 0 Å². The highest BCUT2D eigenvalue weighted by Crippen LogP contribution is 2.31. The van der Waals surface area contributed by atoms with Gasteiger partial charge in [0.05, 0.1) is 12.8 Å². The molecule has 0 heterocycles. The second-order valence-corrected chi connectivity index (χ2v) is 6.41. The van der Waals surface area contributed by atoms with Crippen LogP contribution in [0, 0.1) is 0 Å². The van der Waals surface area contributed by atoms with Gasteiger partial charge in [0.15, 0.2) is 0 Å². The van der Waals surface area contributed by atoms with E-state index in [-0.39, 0.29) is 24.8 Å². The number of anilines is 1.